The molecule has 6 heteroatoms. The van der Waals surface area contributed by atoms with Gasteiger partial charge in [0.15, 0.2) is 0 Å². The lowest BCUT2D eigenvalue weighted by Gasteiger charge is -2.33. The number of hydrogen-bond donors (Lipinski definition) is 1. The van der Waals surface area contributed by atoms with Gasteiger partial charge in [0.05, 0.1) is 6.54 Å². The summed E-state index contributed by atoms with van der Waals surface area (Å²) in [5.74, 6) is 1.03. The molecule has 4 nitrogen and oxygen atoms in total. The van der Waals surface area contributed by atoms with E-state index in [1.807, 2.05) is 11.9 Å². The van der Waals surface area contributed by atoms with E-state index in [1.165, 1.54) is 0 Å². The molecule has 0 bridgehead atoms. The minimum absolute atomic E-state index is 0. The second-order valence-corrected chi connectivity index (χ2v) is 5.64. The Labute approximate surface area is 136 Å². The fourth-order valence-corrected chi connectivity index (χ4v) is 2.23. The number of halogens is 2. The molecule has 0 aromatic carbocycles. The molecule has 0 aromatic heterocycles. The second-order valence-electron chi connectivity index (χ2n) is 5.64. The highest BCUT2D eigenvalue weighted by atomic mass is 35.5. The molecular weight excluding hydrogens is 297 g/mol. The lowest BCUT2D eigenvalue weighted by molar-refractivity contribution is -0.133. The molecule has 1 saturated heterocycles. The summed E-state index contributed by atoms with van der Waals surface area (Å²) >= 11 is 0. The van der Waals surface area contributed by atoms with E-state index in [4.69, 9.17) is 0 Å². The Bertz CT molecular complexity index is 257. The summed E-state index contributed by atoms with van der Waals surface area (Å²) in [6.45, 7) is 10.9. The van der Waals surface area contributed by atoms with Crippen molar-refractivity contribution in [3.8, 4) is 0 Å². The van der Waals surface area contributed by atoms with Gasteiger partial charge < -0.3 is 10.2 Å². The SMILES string of the molecule is CCNCC1CCN(C(=O)CN(C)C(C)C)CC1.Cl.Cl. The lowest BCUT2D eigenvalue weighted by atomic mass is 9.96. The summed E-state index contributed by atoms with van der Waals surface area (Å²) in [4.78, 5) is 16.2. The Kier molecular flexibility index (Phi) is 12.9. The van der Waals surface area contributed by atoms with E-state index in [0.29, 0.717) is 12.6 Å². The minimum atomic E-state index is 0. The van der Waals surface area contributed by atoms with Gasteiger partial charge in [0.1, 0.15) is 0 Å². The fraction of sp³-hybridized carbons (Fsp3) is 0.929. The van der Waals surface area contributed by atoms with Crippen LogP contribution in [0.5, 0.6) is 0 Å². The molecule has 122 valence electrons. The second kappa shape index (κ2) is 11.6. The molecule has 0 atom stereocenters. The van der Waals surface area contributed by atoms with Gasteiger partial charge in [-0.05, 0) is 52.7 Å². The molecule has 1 fully saturated rings. The van der Waals surface area contributed by atoms with E-state index in [1.54, 1.807) is 0 Å². The van der Waals surface area contributed by atoms with Crippen LogP contribution in [0.4, 0.5) is 0 Å². The van der Waals surface area contributed by atoms with Gasteiger partial charge in [0, 0.05) is 19.1 Å². The number of carbonyl (C=O) groups is 1. The summed E-state index contributed by atoms with van der Waals surface area (Å²) < 4.78 is 0. The zero-order valence-electron chi connectivity index (χ0n) is 13.2. The number of piperidine rings is 1. The van der Waals surface area contributed by atoms with Gasteiger partial charge in [-0.3, -0.25) is 9.69 Å². The van der Waals surface area contributed by atoms with Crippen LogP contribution in [0.15, 0.2) is 0 Å². The summed E-state index contributed by atoms with van der Waals surface area (Å²) in [7, 11) is 2.01. The van der Waals surface area contributed by atoms with Crippen LogP contribution in [0.25, 0.3) is 0 Å². The van der Waals surface area contributed by atoms with Crippen molar-refractivity contribution in [2.75, 3.05) is 39.8 Å². The Balaban J connectivity index is 0. The van der Waals surface area contributed by atoms with Gasteiger partial charge in [0.2, 0.25) is 5.91 Å². The van der Waals surface area contributed by atoms with Gasteiger partial charge in [-0.2, -0.15) is 0 Å². The Hall–Kier alpha value is -0.0300. The molecule has 0 aromatic rings. The lowest BCUT2D eigenvalue weighted by Crippen LogP contribution is -2.45. The zero-order chi connectivity index (χ0) is 13.5. The summed E-state index contributed by atoms with van der Waals surface area (Å²) in [5, 5.41) is 3.40. The van der Waals surface area contributed by atoms with E-state index in [-0.39, 0.29) is 30.7 Å². The highest BCUT2D eigenvalue weighted by molar-refractivity contribution is 5.85. The molecule has 1 heterocycles. The first-order valence-electron chi connectivity index (χ1n) is 7.23. The molecule has 0 aliphatic carbocycles. The summed E-state index contributed by atoms with van der Waals surface area (Å²) in [6.07, 6.45) is 2.29. The molecule has 1 aliphatic heterocycles. The first-order valence-corrected chi connectivity index (χ1v) is 7.23. The van der Waals surface area contributed by atoms with Crippen LogP contribution in [-0.4, -0.2) is 61.5 Å². The first kappa shape index (κ1) is 22.3. The molecule has 0 unspecified atom stereocenters. The van der Waals surface area contributed by atoms with Crippen molar-refractivity contribution in [3.05, 3.63) is 0 Å². The zero-order valence-corrected chi connectivity index (χ0v) is 14.9. The maximum Gasteiger partial charge on any atom is 0.236 e. The maximum absolute atomic E-state index is 12.1. The van der Waals surface area contributed by atoms with Crippen molar-refractivity contribution in [2.45, 2.75) is 39.7 Å². The van der Waals surface area contributed by atoms with Crippen LogP contribution in [0.1, 0.15) is 33.6 Å². The highest BCUT2D eigenvalue weighted by Gasteiger charge is 2.23. The van der Waals surface area contributed by atoms with Gasteiger partial charge >= 0.3 is 0 Å². The molecule has 0 saturated carbocycles. The van der Waals surface area contributed by atoms with E-state index in [2.05, 4.69) is 31.0 Å². The molecule has 0 spiro atoms. The molecular formula is C14H31Cl2N3O. The third-order valence-electron chi connectivity index (χ3n) is 3.92. The third kappa shape index (κ3) is 7.67. The van der Waals surface area contributed by atoms with Crippen molar-refractivity contribution in [1.82, 2.24) is 15.1 Å². The maximum atomic E-state index is 12.1. The minimum Gasteiger partial charge on any atom is -0.342 e. The number of carbonyl (C=O) groups excluding carboxylic acids is 1. The number of nitrogens with zero attached hydrogens (tertiary/aromatic N) is 2. The van der Waals surface area contributed by atoms with E-state index >= 15 is 0 Å². The monoisotopic (exact) mass is 327 g/mol. The van der Waals surface area contributed by atoms with Crippen LogP contribution in [0.3, 0.4) is 0 Å². The van der Waals surface area contributed by atoms with Crippen molar-refractivity contribution >= 4 is 30.7 Å². The van der Waals surface area contributed by atoms with E-state index < -0.39 is 0 Å². The first-order chi connectivity index (χ1) is 8.54. The van der Waals surface area contributed by atoms with Crippen LogP contribution >= 0.6 is 24.8 Å². The Morgan fingerprint density at radius 3 is 2.30 bits per heavy atom. The van der Waals surface area contributed by atoms with Gasteiger partial charge in [-0.25, -0.2) is 0 Å². The molecule has 20 heavy (non-hydrogen) atoms. The topological polar surface area (TPSA) is 35.6 Å². The fourth-order valence-electron chi connectivity index (χ4n) is 2.23. The molecule has 1 aliphatic rings. The molecule has 0 radical (unpaired) electrons. The average molecular weight is 328 g/mol. The van der Waals surface area contributed by atoms with Crippen molar-refractivity contribution in [1.29, 1.82) is 0 Å². The Morgan fingerprint density at radius 2 is 1.85 bits per heavy atom. The standard InChI is InChI=1S/C14H29N3O.2ClH/c1-5-15-10-13-6-8-17(9-7-13)14(18)11-16(4)12(2)3;;/h12-13,15H,5-11H2,1-4H3;2*1H. The quantitative estimate of drug-likeness (QED) is 0.810. The molecule has 1 rings (SSSR count). The number of likely N-dealkylation sites (N-methyl/N-ethyl adjacent to an activating group) is 1. The van der Waals surface area contributed by atoms with Gasteiger partial charge in [-0.15, -0.1) is 24.8 Å². The van der Waals surface area contributed by atoms with Gasteiger partial charge in [0.25, 0.3) is 0 Å². The normalized spacial score (nSPS) is 16.0. The number of hydrogen-bond acceptors (Lipinski definition) is 3. The third-order valence-corrected chi connectivity index (χ3v) is 3.92. The predicted molar refractivity (Wildman–Crippen MR) is 90.1 cm³/mol. The summed E-state index contributed by atoms with van der Waals surface area (Å²) in [6, 6.07) is 0.431. The smallest absolute Gasteiger partial charge is 0.236 e. The highest BCUT2D eigenvalue weighted by Crippen LogP contribution is 2.16. The van der Waals surface area contributed by atoms with E-state index in [0.717, 1.165) is 44.9 Å². The molecule has 1 N–H and O–H groups in total. The predicted octanol–water partition coefficient (Wildman–Crippen LogP) is 2.02. The van der Waals surface area contributed by atoms with Crippen LogP contribution in [0, 0.1) is 5.92 Å². The van der Waals surface area contributed by atoms with Gasteiger partial charge in [-0.1, -0.05) is 6.92 Å². The van der Waals surface area contributed by atoms with Crippen molar-refractivity contribution < 1.29 is 4.79 Å². The van der Waals surface area contributed by atoms with E-state index in [9.17, 15) is 4.79 Å². The number of likely N-dealkylation sites (tertiary alicyclic amines) is 1. The number of nitrogens with one attached hydrogen (secondary N) is 1. The summed E-state index contributed by atoms with van der Waals surface area (Å²) in [5.41, 5.74) is 0. The van der Waals surface area contributed by atoms with Crippen LogP contribution in [0.2, 0.25) is 0 Å². The number of rotatable bonds is 6. The van der Waals surface area contributed by atoms with Crippen molar-refractivity contribution in [2.24, 2.45) is 5.92 Å². The Morgan fingerprint density at radius 1 is 1.30 bits per heavy atom. The largest absolute Gasteiger partial charge is 0.342 e. The van der Waals surface area contributed by atoms with Crippen LogP contribution in [-0.2, 0) is 4.79 Å². The van der Waals surface area contributed by atoms with Crippen molar-refractivity contribution in [3.63, 3.8) is 0 Å². The van der Waals surface area contributed by atoms with Crippen LogP contribution < -0.4 is 5.32 Å². The molecule has 1 amide bonds. The number of amides is 1. The average Bonchev–Trinajstić information content (AvgIpc) is 2.36.